The number of hydrogen-bond donors (Lipinski definition) is 1. The van der Waals surface area contributed by atoms with Crippen molar-refractivity contribution in [3.05, 3.63) is 48.0 Å². The van der Waals surface area contributed by atoms with Crippen molar-refractivity contribution in [1.29, 1.82) is 5.26 Å². The molecule has 0 aromatic carbocycles. The van der Waals surface area contributed by atoms with Gasteiger partial charge in [0.1, 0.15) is 11.8 Å². The number of nitriles is 1. The van der Waals surface area contributed by atoms with Gasteiger partial charge < -0.3 is 9.88 Å². The summed E-state index contributed by atoms with van der Waals surface area (Å²) >= 11 is 0. The summed E-state index contributed by atoms with van der Waals surface area (Å²) in [5.41, 5.74) is 1.51. The average Bonchev–Trinajstić information content (AvgIpc) is 2.91. The molecule has 1 N–H and O–H groups in total. The van der Waals surface area contributed by atoms with Crippen LogP contribution in [-0.2, 0) is 0 Å². The minimum atomic E-state index is -0.214. The number of nitrogens with one attached hydrogen (secondary N) is 1. The van der Waals surface area contributed by atoms with Crippen molar-refractivity contribution in [2.24, 2.45) is 0 Å². The number of amides is 1. The largest absolute Gasteiger partial charge is 0.366 e. The van der Waals surface area contributed by atoms with Crippen LogP contribution in [0.4, 0.5) is 5.69 Å². The van der Waals surface area contributed by atoms with E-state index in [2.05, 4.69) is 9.97 Å². The zero-order chi connectivity index (χ0) is 12.3. The Bertz CT molecular complexity index is 551. The third-order valence-electron chi connectivity index (χ3n) is 2.39. The maximum Gasteiger partial charge on any atom is 0.276 e. The van der Waals surface area contributed by atoms with E-state index in [0.29, 0.717) is 11.3 Å². The molecular weight excluding hydrogens is 216 g/mol. The lowest BCUT2D eigenvalue weighted by Gasteiger charge is -2.14. The van der Waals surface area contributed by atoms with Crippen molar-refractivity contribution in [1.82, 2.24) is 9.97 Å². The Kier molecular flexibility index (Phi) is 2.88. The van der Waals surface area contributed by atoms with Crippen LogP contribution >= 0.6 is 0 Å². The number of anilines is 1. The second-order valence-corrected chi connectivity index (χ2v) is 3.48. The molecule has 0 aliphatic rings. The number of aromatic nitrogens is 2. The summed E-state index contributed by atoms with van der Waals surface area (Å²) in [6.45, 7) is 0. The van der Waals surface area contributed by atoms with Gasteiger partial charge >= 0.3 is 0 Å². The van der Waals surface area contributed by atoms with Gasteiger partial charge in [-0.05, 0) is 18.2 Å². The molecular formula is C12H10N4O. The van der Waals surface area contributed by atoms with E-state index >= 15 is 0 Å². The molecule has 84 valence electrons. The summed E-state index contributed by atoms with van der Waals surface area (Å²) in [5, 5.41) is 8.64. The molecule has 0 bridgehead atoms. The molecule has 0 aliphatic heterocycles. The molecule has 0 unspecified atom stereocenters. The molecule has 2 heterocycles. The van der Waals surface area contributed by atoms with Crippen molar-refractivity contribution in [2.75, 3.05) is 11.9 Å². The summed E-state index contributed by atoms with van der Waals surface area (Å²) < 4.78 is 0. The maximum absolute atomic E-state index is 12.0. The molecule has 0 aliphatic carbocycles. The molecule has 2 aromatic rings. The number of H-pyrrole nitrogens is 1. The number of hydrogen-bond acceptors (Lipinski definition) is 3. The van der Waals surface area contributed by atoms with Gasteiger partial charge in [0.25, 0.3) is 5.91 Å². The highest BCUT2D eigenvalue weighted by atomic mass is 16.2. The molecule has 5 heteroatoms. The molecule has 0 saturated carbocycles. The lowest BCUT2D eigenvalue weighted by Crippen LogP contribution is -2.26. The standard InChI is InChI=1S/C12H10N4O/c1-16(10-4-5-14-8-10)12(17)11-3-2-9(6-13)7-15-11/h2-5,7-8,14H,1H3. The smallest absolute Gasteiger partial charge is 0.276 e. The van der Waals surface area contributed by atoms with Gasteiger partial charge in [-0.2, -0.15) is 5.26 Å². The van der Waals surface area contributed by atoms with Gasteiger partial charge in [0.05, 0.1) is 11.3 Å². The predicted octanol–water partition coefficient (Wildman–Crippen LogP) is 1.56. The van der Waals surface area contributed by atoms with Crippen LogP contribution in [0.15, 0.2) is 36.8 Å². The van der Waals surface area contributed by atoms with Crippen LogP contribution in [0, 0.1) is 11.3 Å². The number of aromatic amines is 1. The molecule has 0 fully saturated rings. The van der Waals surface area contributed by atoms with Gasteiger partial charge in [0, 0.05) is 25.6 Å². The molecule has 1 amide bonds. The van der Waals surface area contributed by atoms with Crippen molar-refractivity contribution in [2.45, 2.75) is 0 Å². The summed E-state index contributed by atoms with van der Waals surface area (Å²) in [7, 11) is 1.67. The molecule has 5 nitrogen and oxygen atoms in total. The Morgan fingerprint density at radius 1 is 1.47 bits per heavy atom. The van der Waals surface area contributed by atoms with Crippen molar-refractivity contribution < 1.29 is 4.79 Å². The fourth-order valence-electron chi connectivity index (χ4n) is 1.40. The van der Waals surface area contributed by atoms with Crippen LogP contribution in [0.3, 0.4) is 0 Å². The minimum absolute atomic E-state index is 0.214. The number of carbonyl (C=O) groups is 1. The first-order chi connectivity index (χ1) is 8.22. The van der Waals surface area contributed by atoms with E-state index in [-0.39, 0.29) is 5.91 Å². The van der Waals surface area contributed by atoms with Crippen molar-refractivity contribution in [3.63, 3.8) is 0 Å². The van der Waals surface area contributed by atoms with Gasteiger partial charge in [-0.25, -0.2) is 4.98 Å². The van der Waals surface area contributed by atoms with Gasteiger partial charge in [-0.1, -0.05) is 0 Å². The van der Waals surface area contributed by atoms with Crippen LogP contribution in [0.25, 0.3) is 0 Å². The summed E-state index contributed by atoms with van der Waals surface area (Å²) in [6, 6.07) is 6.87. The number of pyridine rings is 1. The Labute approximate surface area is 98.3 Å². The quantitative estimate of drug-likeness (QED) is 0.844. The van der Waals surface area contributed by atoms with Gasteiger partial charge in [-0.3, -0.25) is 4.79 Å². The maximum atomic E-state index is 12.0. The molecule has 17 heavy (non-hydrogen) atoms. The van der Waals surface area contributed by atoms with E-state index in [4.69, 9.17) is 5.26 Å². The van der Waals surface area contributed by atoms with E-state index in [0.717, 1.165) is 5.69 Å². The first-order valence-corrected chi connectivity index (χ1v) is 4.99. The van der Waals surface area contributed by atoms with Crippen LogP contribution in [-0.4, -0.2) is 22.9 Å². The zero-order valence-corrected chi connectivity index (χ0v) is 9.21. The Morgan fingerprint density at radius 2 is 2.29 bits per heavy atom. The number of carbonyl (C=O) groups excluding carboxylic acids is 1. The lowest BCUT2D eigenvalue weighted by molar-refractivity contribution is 0.0988. The van der Waals surface area contributed by atoms with Gasteiger partial charge in [-0.15, -0.1) is 0 Å². The Balaban J connectivity index is 2.22. The molecule has 2 rings (SSSR count). The van der Waals surface area contributed by atoms with E-state index in [9.17, 15) is 4.79 Å². The molecule has 0 atom stereocenters. The molecule has 0 saturated heterocycles. The van der Waals surface area contributed by atoms with E-state index < -0.39 is 0 Å². The monoisotopic (exact) mass is 226 g/mol. The summed E-state index contributed by atoms with van der Waals surface area (Å²) in [6.07, 6.45) is 4.85. The molecule has 2 aromatic heterocycles. The SMILES string of the molecule is CN(C(=O)c1ccc(C#N)cn1)c1cc[nH]c1. The highest BCUT2D eigenvalue weighted by Gasteiger charge is 2.14. The minimum Gasteiger partial charge on any atom is -0.366 e. The normalized spacial score (nSPS) is 9.65. The van der Waals surface area contributed by atoms with Crippen molar-refractivity contribution in [3.8, 4) is 6.07 Å². The average molecular weight is 226 g/mol. The van der Waals surface area contributed by atoms with Gasteiger partial charge in [0.15, 0.2) is 0 Å². The second kappa shape index (κ2) is 4.49. The van der Waals surface area contributed by atoms with E-state index in [1.807, 2.05) is 6.07 Å². The first kappa shape index (κ1) is 10.9. The fourth-order valence-corrected chi connectivity index (χ4v) is 1.40. The third kappa shape index (κ3) is 2.16. The van der Waals surface area contributed by atoms with E-state index in [1.54, 1.807) is 37.6 Å². The van der Waals surface area contributed by atoms with Crippen LogP contribution < -0.4 is 4.90 Å². The van der Waals surface area contributed by atoms with Crippen molar-refractivity contribution >= 4 is 11.6 Å². The Hall–Kier alpha value is -2.61. The number of nitrogens with zero attached hydrogens (tertiary/aromatic N) is 3. The molecule has 0 radical (unpaired) electrons. The lowest BCUT2D eigenvalue weighted by atomic mass is 10.2. The number of rotatable bonds is 2. The topological polar surface area (TPSA) is 72.8 Å². The van der Waals surface area contributed by atoms with Crippen LogP contribution in [0.1, 0.15) is 16.1 Å². The zero-order valence-electron chi connectivity index (χ0n) is 9.21. The second-order valence-electron chi connectivity index (χ2n) is 3.48. The van der Waals surface area contributed by atoms with Gasteiger partial charge in [0.2, 0.25) is 0 Å². The Morgan fingerprint density at radius 3 is 2.82 bits per heavy atom. The van der Waals surface area contributed by atoms with Crippen LogP contribution in [0.5, 0.6) is 0 Å². The first-order valence-electron chi connectivity index (χ1n) is 4.99. The molecule has 0 spiro atoms. The van der Waals surface area contributed by atoms with E-state index in [1.165, 1.54) is 11.1 Å². The third-order valence-corrected chi connectivity index (χ3v) is 2.39. The van der Waals surface area contributed by atoms with Crippen LogP contribution in [0.2, 0.25) is 0 Å². The summed E-state index contributed by atoms with van der Waals surface area (Å²) in [5.74, 6) is -0.214. The highest BCUT2D eigenvalue weighted by molar-refractivity contribution is 6.04. The predicted molar refractivity (Wildman–Crippen MR) is 62.5 cm³/mol. The highest BCUT2D eigenvalue weighted by Crippen LogP contribution is 2.13. The fraction of sp³-hybridized carbons (Fsp3) is 0.0833. The summed E-state index contributed by atoms with van der Waals surface area (Å²) in [4.78, 5) is 20.3.